The average Bonchev–Trinajstić information content (AvgIpc) is 2.29. The molecule has 0 aliphatic heterocycles. The third-order valence-corrected chi connectivity index (χ3v) is 2.69. The Balaban J connectivity index is 2.42. The number of hydrogen-bond acceptors (Lipinski definition) is 3. The van der Waals surface area contributed by atoms with E-state index in [-0.39, 0.29) is 0 Å². The molecule has 0 aromatic heterocycles. The molecule has 0 aliphatic carbocycles. The zero-order valence-corrected chi connectivity index (χ0v) is 9.84. The molecule has 78 valence electrons. The van der Waals surface area contributed by atoms with Crippen LogP contribution in [0.4, 0.5) is 0 Å². The van der Waals surface area contributed by atoms with Crippen molar-refractivity contribution < 1.29 is 33.3 Å². The third-order valence-electron chi connectivity index (χ3n) is 2.09. The second-order valence-corrected chi connectivity index (χ2v) is 3.83. The summed E-state index contributed by atoms with van der Waals surface area (Å²) in [5.74, 6) is -0.462. The fourth-order valence-electron chi connectivity index (χ4n) is 1.39. The predicted octanol–water partition coefficient (Wildman–Crippen LogP) is -1.09. The summed E-state index contributed by atoms with van der Waals surface area (Å²) in [4.78, 5) is 11.3. The van der Waals surface area contributed by atoms with Gasteiger partial charge in [0.05, 0.1) is 0 Å². The number of carbonyl (C=O) groups excluding carboxylic acids is 1. The molecule has 2 aromatic carbocycles. The molecular weight excluding hydrogens is 307 g/mol. The first-order valence-electron chi connectivity index (χ1n) is 4.30. The number of benzene rings is 2. The summed E-state index contributed by atoms with van der Waals surface area (Å²) in [6, 6.07) is 13.1. The zero-order chi connectivity index (χ0) is 10.7. The molecule has 0 atom stereocenters. The summed E-state index contributed by atoms with van der Waals surface area (Å²) >= 11 is -1.45. The normalized spacial score (nSPS) is 10.5. The van der Waals surface area contributed by atoms with Gasteiger partial charge in [-0.2, -0.15) is 0 Å². The van der Waals surface area contributed by atoms with Crippen LogP contribution in [0.1, 0.15) is 10.4 Å². The van der Waals surface area contributed by atoms with Gasteiger partial charge in [0.2, 0.25) is 0 Å². The van der Waals surface area contributed by atoms with Crippen molar-refractivity contribution in [3.8, 4) is 0 Å². The predicted molar refractivity (Wildman–Crippen MR) is 51.6 cm³/mol. The van der Waals surface area contributed by atoms with Gasteiger partial charge in [0.15, 0.2) is 0 Å². The molecule has 4 heteroatoms. The molecule has 15 heavy (non-hydrogen) atoms. The Kier molecular flexibility index (Phi) is 3.17. The molecule has 0 fully saturated rings. The van der Waals surface area contributed by atoms with E-state index in [0.29, 0.717) is 5.56 Å². The Bertz CT molecular complexity index is 496. The molecule has 0 spiro atoms. The summed E-state index contributed by atoms with van der Waals surface area (Å²) in [6.45, 7) is 0. The average molecular weight is 315 g/mol. The molecular formula is C11H8IO3-. The first-order valence-corrected chi connectivity index (χ1v) is 6.14. The van der Waals surface area contributed by atoms with Crippen molar-refractivity contribution in [2.75, 3.05) is 0 Å². The van der Waals surface area contributed by atoms with E-state index in [1.165, 1.54) is 0 Å². The van der Waals surface area contributed by atoms with Gasteiger partial charge in [0, 0.05) is 0 Å². The molecule has 2 aromatic rings. The van der Waals surface area contributed by atoms with Crippen molar-refractivity contribution in [2.45, 2.75) is 0 Å². The Morgan fingerprint density at radius 2 is 1.87 bits per heavy atom. The standard InChI is InChI=1S/C11H8IO3/c13-11(15-12-14)10-6-5-8-3-1-2-4-9(8)7-10/h1-7,14H/q-1. The van der Waals surface area contributed by atoms with Crippen LogP contribution in [0.3, 0.4) is 0 Å². The van der Waals surface area contributed by atoms with Crippen LogP contribution in [0.25, 0.3) is 10.8 Å². The van der Waals surface area contributed by atoms with Crippen LogP contribution in [0.15, 0.2) is 42.5 Å². The van der Waals surface area contributed by atoms with E-state index in [1.807, 2.05) is 30.3 Å². The Labute approximate surface area is 98.0 Å². The van der Waals surface area contributed by atoms with Gasteiger partial charge in [-0.25, -0.2) is 0 Å². The summed E-state index contributed by atoms with van der Waals surface area (Å²) in [6.07, 6.45) is 0. The molecule has 3 nitrogen and oxygen atoms in total. The van der Waals surface area contributed by atoms with Crippen LogP contribution < -0.4 is 22.0 Å². The summed E-state index contributed by atoms with van der Waals surface area (Å²) in [5, 5.41) is 2.07. The molecule has 0 unspecified atom stereocenters. The summed E-state index contributed by atoms with van der Waals surface area (Å²) < 4.78 is 13.2. The molecule has 0 amide bonds. The number of halogens is 1. The van der Waals surface area contributed by atoms with Crippen LogP contribution in [0, 0.1) is 0 Å². The van der Waals surface area contributed by atoms with Gasteiger partial charge in [-0.3, -0.25) is 0 Å². The van der Waals surface area contributed by atoms with E-state index in [0.717, 1.165) is 10.8 Å². The number of rotatable bonds is 2. The fraction of sp³-hybridized carbons (Fsp3) is 0. The van der Waals surface area contributed by atoms with Crippen LogP contribution >= 0.6 is 0 Å². The van der Waals surface area contributed by atoms with Crippen LogP contribution in [0.5, 0.6) is 0 Å². The Hall–Kier alpha value is -1.14. The minimum absolute atomic E-state index is 0.462. The molecule has 1 N–H and O–H groups in total. The van der Waals surface area contributed by atoms with E-state index >= 15 is 0 Å². The first-order chi connectivity index (χ1) is 7.31. The van der Waals surface area contributed by atoms with Crippen LogP contribution in [-0.4, -0.2) is 9.41 Å². The van der Waals surface area contributed by atoms with E-state index in [4.69, 9.17) is 3.44 Å². The van der Waals surface area contributed by atoms with Gasteiger partial charge in [0.1, 0.15) is 0 Å². The van der Waals surface area contributed by atoms with Crippen LogP contribution in [-0.2, 0) is 3.07 Å². The van der Waals surface area contributed by atoms with E-state index in [1.54, 1.807) is 12.1 Å². The van der Waals surface area contributed by atoms with Crippen molar-refractivity contribution in [3.63, 3.8) is 0 Å². The monoisotopic (exact) mass is 315 g/mol. The maximum atomic E-state index is 11.3. The van der Waals surface area contributed by atoms with Crippen molar-refractivity contribution >= 4 is 16.7 Å². The molecule has 0 bridgehead atoms. The van der Waals surface area contributed by atoms with Gasteiger partial charge in [-0.1, -0.05) is 0 Å². The van der Waals surface area contributed by atoms with E-state index in [9.17, 15) is 4.79 Å². The second kappa shape index (κ2) is 4.59. The molecule has 0 radical (unpaired) electrons. The summed E-state index contributed by atoms with van der Waals surface area (Å²) in [5.41, 5.74) is 0.474. The first kappa shape index (κ1) is 10.4. The van der Waals surface area contributed by atoms with Gasteiger partial charge in [-0.15, -0.1) is 0 Å². The second-order valence-electron chi connectivity index (χ2n) is 3.00. The van der Waals surface area contributed by atoms with Gasteiger partial charge >= 0.3 is 98.1 Å². The Morgan fingerprint density at radius 3 is 2.60 bits per heavy atom. The molecule has 0 saturated heterocycles. The quantitative estimate of drug-likeness (QED) is 0.717. The fourth-order valence-corrected chi connectivity index (χ4v) is 1.83. The van der Waals surface area contributed by atoms with Crippen molar-refractivity contribution in [2.24, 2.45) is 0 Å². The SMILES string of the molecule is O=C(O[I-]O)c1ccc2ccccc2c1. The maximum absolute atomic E-state index is 11.3. The molecule has 0 heterocycles. The van der Waals surface area contributed by atoms with Gasteiger partial charge in [-0.05, 0) is 0 Å². The molecule has 0 saturated carbocycles. The number of fused-ring (bicyclic) bond motifs is 1. The molecule has 2 rings (SSSR count). The van der Waals surface area contributed by atoms with E-state index in [2.05, 4.69) is 3.07 Å². The van der Waals surface area contributed by atoms with Gasteiger partial charge < -0.3 is 0 Å². The van der Waals surface area contributed by atoms with Crippen molar-refractivity contribution in [1.82, 2.24) is 0 Å². The third kappa shape index (κ3) is 2.27. The zero-order valence-electron chi connectivity index (χ0n) is 7.68. The Morgan fingerprint density at radius 1 is 1.13 bits per heavy atom. The minimum atomic E-state index is -1.45. The van der Waals surface area contributed by atoms with Crippen molar-refractivity contribution in [1.29, 1.82) is 0 Å². The topological polar surface area (TPSA) is 46.5 Å². The van der Waals surface area contributed by atoms with Crippen molar-refractivity contribution in [3.05, 3.63) is 48.0 Å². The number of hydrogen-bond donors (Lipinski definition) is 1. The van der Waals surface area contributed by atoms with Crippen LogP contribution in [0.2, 0.25) is 0 Å². The molecule has 0 aliphatic rings. The van der Waals surface area contributed by atoms with Gasteiger partial charge in [0.25, 0.3) is 0 Å². The van der Waals surface area contributed by atoms with E-state index < -0.39 is 28.0 Å². The summed E-state index contributed by atoms with van der Waals surface area (Å²) in [7, 11) is 0. The number of carbonyl (C=O) groups is 1.